The van der Waals surface area contributed by atoms with E-state index in [9.17, 15) is 13.2 Å². The molecule has 1 fully saturated rings. The average molecular weight is 373 g/mol. The molecule has 136 valence electrons. The van der Waals surface area contributed by atoms with Crippen molar-refractivity contribution in [1.29, 1.82) is 0 Å². The zero-order chi connectivity index (χ0) is 18.5. The van der Waals surface area contributed by atoms with E-state index in [1.165, 1.54) is 21.0 Å². The zero-order valence-corrected chi connectivity index (χ0v) is 15.0. The number of benzene rings is 2. The molecule has 0 amide bonds. The molecule has 0 radical (unpaired) electrons. The summed E-state index contributed by atoms with van der Waals surface area (Å²) in [5.41, 5.74) is 8.05. The van der Waals surface area contributed by atoms with E-state index in [1.54, 1.807) is 13.1 Å². The van der Waals surface area contributed by atoms with Crippen LogP contribution in [0.2, 0.25) is 0 Å². The summed E-state index contributed by atoms with van der Waals surface area (Å²) in [6.07, 6.45) is 0. The molecule has 2 heterocycles. The van der Waals surface area contributed by atoms with E-state index in [1.807, 2.05) is 30.3 Å². The van der Waals surface area contributed by atoms with Crippen molar-refractivity contribution in [3.05, 3.63) is 64.6 Å². The van der Waals surface area contributed by atoms with Crippen LogP contribution in [0.3, 0.4) is 0 Å². The number of nitrogens with two attached hydrogens (primary N) is 1. The number of aromatic nitrogens is 1. The average Bonchev–Trinajstić information content (AvgIpc) is 3.16. The number of oxazole rings is 1. The molecular weight excluding hydrogens is 354 g/mol. The lowest BCUT2D eigenvalue weighted by Gasteiger charge is -2.16. The second-order valence-corrected chi connectivity index (χ2v) is 8.50. The highest BCUT2D eigenvalue weighted by atomic mass is 32.2. The molecule has 0 aliphatic carbocycles. The minimum atomic E-state index is -3.73. The van der Waals surface area contributed by atoms with Crippen molar-refractivity contribution in [3.63, 3.8) is 0 Å². The fraction of sp³-hybridized carbons (Fsp3) is 0.278. The number of nitrogens with zero attached hydrogens (tertiary/aromatic N) is 2. The first-order valence-electron chi connectivity index (χ1n) is 8.28. The molecule has 1 saturated heterocycles. The van der Waals surface area contributed by atoms with E-state index in [0.717, 1.165) is 5.56 Å². The van der Waals surface area contributed by atoms with Gasteiger partial charge in [-0.3, -0.25) is 4.57 Å². The summed E-state index contributed by atoms with van der Waals surface area (Å²) in [5.74, 6) is -0.578. The Morgan fingerprint density at radius 3 is 2.58 bits per heavy atom. The fourth-order valence-electron chi connectivity index (χ4n) is 3.46. The van der Waals surface area contributed by atoms with E-state index in [2.05, 4.69) is 0 Å². The number of hydrogen-bond donors (Lipinski definition) is 1. The molecule has 26 heavy (non-hydrogen) atoms. The second-order valence-electron chi connectivity index (χ2n) is 6.56. The van der Waals surface area contributed by atoms with Gasteiger partial charge in [-0.2, -0.15) is 4.31 Å². The Hall–Kier alpha value is -2.42. The Balaban J connectivity index is 1.68. The number of rotatable bonds is 3. The number of sulfonamides is 1. The smallest absolute Gasteiger partial charge is 0.408 e. The van der Waals surface area contributed by atoms with E-state index in [0.29, 0.717) is 12.1 Å². The van der Waals surface area contributed by atoms with Crippen LogP contribution in [-0.2, 0) is 17.1 Å². The van der Waals surface area contributed by atoms with Crippen LogP contribution in [0.25, 0.3) is 11.1 Å². The molecule has 1 aliphatic heterocycles. The van der Waals surface area contributed by atoms with Crippen molar-refractivity contribution in [1.82, 2.24) is 8.87 Å². The summed E-state index contributed by atoms with van der Waals surface area (Å²) in [6, 6.07) is 13.9. The highest BCUT2D eigenvalue weighted by Crippen LogP contribution is 2.31. The number of fused-ring (bicyclic) bond motifs is 1. The van der Waals surface area contributed by atoms with Gasteiger partial charge in [-0.15, -0.1) is 0 Å². The second kappa shape index (κ2) is 6.08. The van der Waals surface area contributed by atoms with Crippen molar-refractivity contribution in [2.45, 2.75) is 16.9 Å². The zero-order valence-electron chi connectivity index (χ0n) is 14.2. The normalized spacial score (nSPS) is 21.5. The Morgan fingerprint density at radius 2 is 1.85 bits per heavy atom. The summed E-state index contributed by atoms with van der Waals surface area (Å²) in [5, 5.41) is 0. The van der Waals surface area contributed by atoms with Crippen LogP contribution < -0.4 is 11.5 Å². The first-order chi connectivity index (χ1) is 12.4. The molecule has 1 aliphatic rings. The third-order valence-electron chi connectivity index (χ3n) is 4.96. The van der Waals surface area contributed by atoms with Crippen molar-refractivity contribution in [2.24, 2.45) is 12.8 Å². The van der Waals surface area contributed by atoms with Crippen molar-refractivity contribution in [2.75, 3.05) is 13.1 Å². The van der Waals surface area contributed by atoms with E-state index in [-0.39, 0.29) is 29.0 Å². The first kappa shape index (κ1) is 17.0. The number of aryl methyl sites for hydroxylation is 1. The topological polar surface area (TPSA) is 98.5 Å². The fourth-order valence-corrected chi connectivity index (χ4v) is 4.98. The molecule has 0 bridgehead atoms. The SMILES string of the molecule is Cn1c(=O)oc2cc(S(=O)(=O)N3C[C@@H](N)[C@H](c4ccccc4)C3)ccc21. The van der Waals surface area contributed by atoms with E-state index < -0.39 is 15.8 Å². The molecule has 0 spiro atoms. The lowest BCUT2D eigenvalue weighted by molar-refractivity contribution is 0.470. The highest BCUT2D eigenvalue weighted by Gasteiger charge is 2.38. The predicted molar refractivity (Wildman–Crippen MR) is 97.4 cm³/mol. The molecule has 3 aromatic rings. The Labute approximate surface area is 150 Å². The van der Waals surface area contributed by atoms with Crippen molar-refractivity contribution < 1.29 is 12.8 Å². The van der Waals surface area contributed by atoms with Gasteiger partial charge >= 0.3 is 5.76 Å². The van der Waals surface area contributed by atoms with E-state index >= 15 is 0 Å². The highest BCUT2D eigenvalue weighted by molar-refractivity contribution is 7.89. The molecule has 8 heteroatoms. The predicted octanol–water partition coefficient (Wildman–Crippen LogP) is 1.25. The largest absolute Gasteiger partial charge is 0.419 e. The van der Waals surface area contributed by atoms with Gasteiger partial charge in [0.15, 0.2) is 5.58 Å². The Bertz CT molecular complexity index is 1120. The van der Waals surface area contributed by atoms with Gasteiger partial charge in [-0.1, -0.05) is 30.3 Å². The quantitative estimate of drug-likeness (QED) is 0.745. The summed E-state index contributed by atoms with van der Waals surface area (Å²) < 4.78 is 33.9. The van der Waals surface area contributed by atoms with Gasteiger partial charge in [0.05, 0.1) is 10.4 Å². The lowest BCUT2D eigenvalue weighted by atomic mass is 9.95. The van der Waals surface area contributed by atoms with Gasteiger partial charge in [-0.25, -0.2) is 13.2 Å². The summed E-state index contributed by atoms with van der Waals surface area (Å²) in [7, 11) is -2.15. The third-order valence-corrected chi connectivity index (χ3v) is 6.79. The van der Waals surface area contributed by atoms with Gasteiger partial charge < -0.3 is 10.2 Å². The summed E-state index contributed by atoms with van der Waals surface area (Å²) >= 11 is 0. The third kappa shape index (κ3) is 2.66. The minimum absolute atomic E-state index is 0.0515. The standard InChI is InChI=1S/C18H19N3O4S/c1-20-16-8-7-13(9-17(16)25-18(20)22)26(23,24)21-10-14(15(19)11-21)12-5-3-2-4-6-12/h2-9,14-15H,10-11,19H2,1H3/t14-,15+/m0/s1. The maximum absolute atomic E-state index is 13.0. The van der Waals surface area contributed by atoms with Crippen LogP contribution in [-0.4, -0.2) is 36.4 Å². The maximum Gasteiger partial charge on any atom is 0.419 e. The van der Waals surface area contributed by atoms with Crippen LogP contribution in [0, 0.1) is 0 Å². The molecule has 0 saturated carbocycles. The van der Waals surface area contributed by atoms with Crippen LogP contribution in [0.5, 0.6) is 0 Å². The van der Waals surface area contributed by atoms with Crippen LogP contribution in [0.1, 0.15) is 11.5 Å². The van der Waals surface area contributed by atoms with E-state index in [4.69, 9.17) is 10.2 Å². The Kier molecular flexibility index (Phi) is 3.98. The van der Waals surface area contributed by atoms with Crippen LogP contribution in [0.15, 0.2) is 62.6 Å². The monoisotopic (exact) mass is 373 g/mol. The molecule has 1 aromatic heterocycles. The summed E-state index contributed by atoms with van der Waals surface area (Å²) in [4.78, 5) is 11.7. The van der Waals surface area contributed by atoms with Gasteiger partial charge in [-0.05, 0) is 17.7 Å². The summed E-state index contributed by atoms with van der Waals surface area (Å²) in [6.45, 7) is 0.572. The van der Waals surface area contributed by atoms with Gasteiger partial charge in [0.2, 0.25) is 10.0 Å². The molecular formula is C18H19N3O4S. The molecule has 2 N–H and O–H groups in total. The van der Waals surface area contributed by atoms with Gasteiger partial charge in [0.25, 0.3) is 0 Å². The molecule has 7 nitrogen and oxygen atoms in total. The van der Waals surface area contributed by atoms with Crippen LogP contribution in [0.4, 0.5) is 0 Å². The van der Waals surface area contributed by atoms with Crippen molar-refractivity contribution >= 4 is 21.1 Å². The number of hydrogen-bond acceptors (Lipinski definition) is 5. The minimum Gasteiger partial charge on any atom is -0.408 e. The van der Waals surface area contributed by atoms with Gasteiger partial charge in [0.1, 0.15) is 0 Å². The molecule has 4 rings (SSSR count). The maximum atomic E-state index is 13.0. The van der Waals surface area contributed by atoms with Crippen molar-refractivity contribution in [3.8, 4) is 0 Å². The lowest BCUT2D eigenvalue weighted by Crippen LogP contribution is -2.32. The van der Waals surface area contributed by atoms with Gasteiger partial charge in [0, 0.05) is 38.2 Å². The van der Waals surface area contributed by atoms with Crippen LogP contribution >= 0.6 is 0 Å². The first-order valence-corrected chi connectivity index (χ1v) is 9.72. The Morgan fingerprint density at radius 1 is 1.12 bits per heavy atom. The molecule has 2 aromatic carbocycles. The molecule has 2 atom stereocenters. The molecule has 0 unspecified atom stereocenters.